The van der Waals surface area contributed by atoms with Crippen molar-refractivity contribution >= 4 is 17.1 Å². The Labute approximate surface area is 107 Å². The van der Waals surface area contributed by atoms with Gasteiger partial charge in [0, 0.05) is 6.20 Å². The van der Waals surface area contributed by atoms with E-state index in [1.165, 1.54) is 22.2 Å². The zero-order valence-corrected chi connectivity index (χ0v) is 10.0. The van der Waals surface area contributed by atoms with Crippen LogP contribution in [0.1, 0.15) is 15.4 Å². The predicted octanol–water partition coefficient (Wildman–Crippen LogP) is 1.95. The first-order valence-corrected chi connectivity index (χ1v) is 6.13. The highest BCUT2D eigenvalue weighted by Crippen LogP contribution is 2.15. The van der Waals surface area contributed by atoms with E-state index in [-0.39, 0.29) is 5.78 Å². The molecule has 0 fully saturated rings. The van der Waals surface area contributed by atoms with Crippen molar-refractivity contribution in [2.75, 3.05) is 0 Å². The van der Waals surface area contributed by atoms with Gasteiger partial charge in [-0.05, 0) is 12.1 Å². The standard InChI is InChI=1S/C12H8N4OS/c17-12(11-7-13-8-18-11)10-6-14-15-16(10)9-4-2-1-3-5-9/h1-8H. The number of ketones is 1. The second-order valence-electron chi connectivity index (χ2n) is 3.56. The summed E-state index contributed by atoms with van der Waals surface area (Å²) < 4.78 is 1.53. The Morgan fingerprint density at radius 2 is 2.00 bits per heavy atom. The van der Waals surface area contributed by atoms with Crippen LogP contribution >= 0.6 is 11.3 Å². The molecule has 0 aliphatic rings. The van der Waals surface area contributed by atoms with Gasteiger partial charge in [0.25, 0.3) is 0 Å². The van der Waals surface area contributed by atoms with Crippen molar-refractivity contribution in [2.45, 2.75) is 0 Å². The molecule has 0 atom stereocenters. The first-order chi connectivity index (χ1) is 8.86. The third kappa shape index (κ3) is 1.82. The van der Waals surface area contributed by atoms with Crippen molar-refractivity contribution < 1.29 is 4.79 Å². The van der Waals surface area contributed by atoms with Crippen LogP contribution in [0.5, 0.6) is 0 Å². The van der Waals surface area contributed by atoms with Gasteiger partial charge in [0.1, 0.15) is 5.69 Å². The molecule has 6 heteroatoms. The molecule has 0 radical (unpaired) electrons. The summed E-state index contributed by atoms with van der Waals surface area (Å²) in [5.74, 6) is -0.119. The van der Waals surface area contributed by atoms with Crippen molar-refractivity contribution in [3.8, 4) is 5.69 Å². The summed E-state index contributed by atoms with van der Waals surface area (Å²) in [6.45, 7) is 0. The molecule has 0 amide bonds. The van der Waals surface area contributed by atoms with Crippen LogP contribution in [0.3, 0.4) is 0 Å². The molecule has 3 aromatic rings. The highest BCUT2D eigenvalue weighted by Gasteiger charge is 2.17. The predicted molar refractivity (Wildman–Crippen MR) is 66.9 cm³/mol. The van der Waals surface area contributed by atoms with Gasteiger partial charge in [-0.15, -0.1) is 16.4 Å². The van der Waals surface area contributed by atoms with E-state index >= 15 is 0 Å². The van der Waals surface area contributed by atoms with E-state index in [0.29, 0.717) is 10.6 Å². The molecule has 2 aromatic heterocycles. The average Bonchev–Trinajstić information content (AvgIpc) is 3.10. The molecule has 1 aromatic carbocycles. The number of nitrogens with zero attached hydrogens (tertiary/aromatic N) is 4. The highest BCUT2D eigenvalue weighted by atomic mass is 32.1. The quantitative estimate of drug-likeness (QED) is 0.672. The fourth-order valence-electron chi connectivity index (χ4n) is 1.60. The van der Waals surface area contributed by atoms with Crippen LogP contribution in [-0.4, -0.2) is 25.8 Å². The molecule has 0 bridgehead atoms. The molecule has 0 spiro atoms. The number of carbonyl (C=O) groups excluding carboxylic acids is 1. The minimum Gasteiger partial charge on any atom is -0.286 e. The summed E-state index contributed by atoms with van der Waals surface area (Å²) >= 11 is 1.30. The van der Waals surface area contributed by atoms with Crippen molar-refractivity contribution in [1.82, 2.24) is 20.0 Å². The number of rotatable bonds is 3. The van der Waals surface area contributed by atoms with Gasteiger partial charge in [0.2, 0.25) is 5.78 Å². The van der Waals surface area contributed by atoms with Crippen LogP contribution in [0, 0.1) is 0 Å². The molecule has 0 N–H and O–H groups in total. The summed E-state index contributed by atoms with van der Waals surface area (Å²) in [6.07, 6.45) is 3.02. The maximum absolute atomic E-state index is 12.2. The molecule has 2 heterocycles. The van der Waals surface area contributed by atoms with Crippen LogP contribution < -0.4 is 0 Å². The van der Waals surface area contributed by atoms with Crippen molar-refractivity contribution in [3.63, 3.8) is 0 Å². The Balaban J connectivity index is 2.05. The van der Waals surface area contributed by atoms with Gasteiger partial charge in [-0.25, -0.2) is 4.68 Å². The third-order valence-corrected chi connectivity index (χ3v) is 3.21. The van der Waals surface area contributed by atoms with Crippen LogP contribution in [-0.2, 0) is 0 Å². The van der Waals surface area contributed by atoms with E-state index in [9.17, 15) is 4.79 Å². The van der Waals surface area contributed by atoms with Gasteiger partial charge in [-0.3, -0.25) is 9.78 Å². The molecule has 3 rings (SSSR count). The van der Waals surface area contributed by atoms with E-state index in [0.717, 1.165) is 5.69 Å². The Kier molecular flexibility index (Phi) is 2.70. The number of para-hydroxylation sites is 1. The number of benzene rings is 1. The Morgan fingerprint density at radius 1 is 1.17 bits per heavy atom. The van der Waals surface area contributed by atoms with Gasteiger partial charge in [-0.2, -0.15) is 0 Å². The zero-order valence-electron chi connectivity index (χ0n) is 9.22. The maximum Gasteiger partial charge on any atom is 0.224 e. The molecule has 5 nitrogen and oxygen atoms in total. The summed E-state index contributed by atoms with van der Waals surface area (Å²) in [4.78, 5) is 16.7. The van der Waals surface area contributed by atoms with Crippen molar-refractivity contribution in [1.29, 1.82) is 0 Å². The number of aromatic nitrogens is 4. The molecule has 0 saturated heterocycles. The summed E-state index contributed by atoms with van der Waals surface area (Å²) in [7, 11) is 0. The monoisotopic (exact) mass is 256 g/mol. The Bertz CT molecular complexity index is 660. The van der Waals surface area contributed by atoms with Crippen molar-refractivity contribution in [2.24, 2.45) is 0 Å². The lowest BCUT2D eigenvalue weighted by atomic mass is 10.2. The summed E-state index contributed by atoms with van der Waals surface area (Å²) in [6, 6.07) is 9.43. The lowest BCUT2D eigenvalue weighted by Gasteiger charge is -2.03. The molecular weight excluding hydrogens is 248 g/mol. The first kappa shape index (κ1) is 10.8. The molecule has 0 saturated carbocycles. The lowest BCUT2D eigenvalue weighted by Crippen LogP contribution is -2.08. The van der Waals surface area contributed by atoms with Gasteiger partial charge in [-0.1, -0.05) is 23.4 Å². The Morgan fingerprint density at radius 3 is 2.72 bits per heavy atom. The van der Waals surface area contributed by atoms with Crippen molar-refractivity contribution in [3.05, 3.63) is 58.8 Å². The second kappa shape index (κ2) is 4.50. The van der Waals surface area contributed by atoms with Gasteiger partial charge >= 0.3 is 0 Å². The van der Waals surface area contributed by atoms with E-state index in [1.54, 1.807) is 11.7 Å². The first-order valence-electron chi connectivity index (χ1n) is 5.25. The van der Waals surface area contributed by atoms with E-state index in [4.69, 9.17) is 0 Å². The third-order valence-electron chi connectivity index (χ3n) is 2.44. The summed E-state index contributed by atoms with van der Waals surface area (Å²) in [5, 5.41) is 7.75. The van der Waals surface area contributed by atoms with Gasteiger partial charge < -0.3 is 0 Å². The fourth-order valence-corrected chi connectivity index (χ4v) is 2.17. The molecule has 88 valence electrons. The smallest absolute Gasteiger partial charge is 0.224 e. The number of thiazole rings is 1. The topological polar surface area (TPSA) is 60.7 Å². The van der Waals surface area contributed by atoms with Crippen LogP contribution in [0.25, 0.3) is 5.69 Å². The van der Waals surface area contributed by atoms with E-state index in [2.05, 4.69) is 15.3 Å². The van der Waals surface area contributed by atoms with Crippen LogP contribution in [0.2, 0.25) is 0 Å². The normalized spacial score (nSPS) is 10.4. The number of carbonyl (C=O) groups is 1. The second-order valence-corrected chi connectivity index (χ2v) is 4.45. The van der Waals surface area contributed by atoms with Crippen LogP contribution in [0.4, 0.5) is 0 Å². The maximum atomic E-state index is 12.2. The summed E-state index contributed by atoms with van der Waals surface area (Å²) in [5.41, 5.74) is 2.87. The van der Waals surface area contributed by atoms with E-state index < -0.39 is 0 Å². The van der Waals surface area contributed by atoms with Crippen LogP contribution in [0.15, 0.2) is 48.2 Å². The Hall–Kier alpha value is -2.34. The van der Waals surface area contributed by atoms with Gasteiger partial charge in [0.15, 0.2) is 0 Å². The number of hydrogen-bond donors (Lipinski definition) is 0. The number of hydrogen-bond acceptors (Lipinski definition) is 5. The highest BCUT2D eigenvalue weighted by molar-refractivity contribution is 7.11. The minimum absolute atomic E-state index is 0.119. The molecular formula is C12H8N4OS. The lowest BCUT2D eigenvalue weighted by molar-refractivity contribution is 0.103. The fraction of sp³-hybridized carbons (Fsp3) is 0. The SMILES string of the molecule is O=C(c1cncs1)c1cnnn1-c1ccccc1. The molecule has 18 heavy (non-hydrogen) atoms. The van der Waals surface area contributed by atoms with Gasteiger partial charge in [0.05, 0.1) is 22.3 Å². The molecule has 0 aliphatic heterocycles. The average molecular weight is 256 g/mol. The molecule has 0 unspecified atom stereocenters. The van der Waals surface area contributed by atoms with E-state index in [1.807, 2.05) is 30.3 Å². The largest absolute Gasteiger partial charge is 0.286 e. The molecule has 0 aliphatic carbocycles. The minimum atomic E-state index is -0.119. The zero-order chi connectivity index (χ0) is 12.4.